The number of hydrogen-bond donors (Lipinski definition) is 8. The summed E-state index contributed by atoms with van der Waals surface area (Å²) in [5.74, 6) is 0.0519. The first-order valence-corrected chi connectivity index (χ1v) is 22.8. The summed E-state index contributed by atoms with van der Waals surface area (Å²) in [4.78, 5) is 13.1. The van der Waals surface area contributed by atoms with Crippen molar-refractivity contribution in [3.05, 3.63) is 0 Å². The number of unbranched alkanes of at least 4 members (excludes halogenated alkanes) is 23. The standard InChI is InChI=1S/C44H87NO10/c1-4-5-6-7-8-9-10-11-12-13-14-15-16-17-22-25-28-31-37(48)43(53)45-35(33-54-44-42(52)41(51)40(50)38(32-46)55-44)39(49)36(47)30-27-24-21-19-18-20-23-26-29-34(2)3/h34-42,44,46-52H,4-33H2,1-3H3,(H,45,53)/t35-,36+,37+,38+,39-,40+,41-,42+,44+/m0/s1. The highest BCUT2D eigenvalue weighted by molar-refractivity contribution is 5.80. The van der Waals surface area contributed by atoms with Crippen molar-refractivity contribution < 1.29 is 50.0 Å². The van der Waals surface area contributed by atoms with Crippen LogP contribution in [0.15, 0.2) is 0 Å². The van der Waals surface area contributed by atoms with Crippen LogP contribution in [0.2, 0.25) is 0 Å². The predicted octanol–water partition coefficient (Wildman–Crippen LogP) is 6.97. The summed E-state index contributed by atoms with van der Waals surface area (Å²) >= 11 is 0. The summed E-state index contributed by atoms with van der Waals surface area (Å²) in [5.41, 5.74) is 0. The second kappa shape index (κ2) is 34.0. The maximum atomic E-state index is 13.1. The molecule has 0 saturated carbocycles. The molecule has 0 aromatic rings. The lowest BCUT2D eigenvalue weighted by molar-refractivity contribution is -0.303. The average Bonchev–Trinajstić information content (AvgIpc) is 3.17. The fourth-order valence-corrected chi connectivity index (χ4v) is 7.51. The molecule has 1 heterocycles. The van der Waals surface area contributed by atoms with Crippen LogP contribution in [0.25, 0.3) is 0 Å². The second-order valence-electron chi connectivity index (χ2n) is 17.0. The molecule has 0 bridgehead atoms. The first-order valence-electron chi connectivity index (χ1n) is 22.8. The SMILES string of the molecule is CCCCCCCCCCCCCCCCCCC[C@@H](O)C(=O)N[C@@H](CO[C@@H]1O[C@H](CO)[C@@H](O)[C@H](O)[C@H]1O)[C@H](O)[C@H](O)CCCCCCCCCCC(C)C. The van der Waals surface area contributed by atoms with Gasteiger partial charge in [0.25, 0.3) is 0 Å². The Balaban J connectivity index is 2.44. The van der Waals surface area contributed by atoms with Crippen molar-refractivity contribution in [2.45, 2.75) is 256 Å². The summed E-state index contributed by atoms with van der Waals surface area (Å²) in [7, 11) is 0. The van der Waals surface area contributed by atoms with Crippen molar-refractivity contribution in [1.29, 1.82) is 0 Å². The van der Waals surface area contributed by atoms with Gasteiger partial charge in [0.1, 0.15) is 36.6 Å². The van der Waals surface area contributed by atoms with E-state index in [0.717, 1.165) is 44.4 Å². The number of carbonyl (C=O) groups is 1. The number of rotatable bonds is 37. The van der Waals surface area contributed by atoms with Gasteiger partial charge < -0.3 is 50.5 Å². The minimum absolute atomic E-state index is 0.265. The van der Waals surface area contributed by atoms with Crippen LogP contribution in [0.4, 0.5) is 0 Å². The van der Waals surface area contributed by atoms with Gasteiger partial charge in [-0.05, 0) is 18.8 Å². The van der Waals surface area contributed by atoms with Gasteiger partial charge in [0.15, 0.2) is 6.29 Å². The molecular weight excluding hydrogens is 702 g/mol. The van der Waals surface area contributed by atoms with E-state index in [1.54, 1.807) is 0 Å². The minimum Gasteiger partial charge on any atom is -0.394 e. The molecule has 0 aromatic carbocycles. The molecular formula is C44H87NO10. The third-order valence-corrected chi connectivity index (χ3v) is 11.3. The van der Waals surface area contributed by atoms with E-state index in [9.17, 15) is 40.5 Å². The number of aliphatic hydroxyl groups excluding tert-OH is 7. The van der Waals surface area contributed by atoms with Crippen molar-refractivity contribution >= 4 is 5.91 Å². The summed E-state index contributed by atoms with van der Waals surface area (Å²) < 4.78 is 11.1. The van der Waals surface area contributed by atoms with Crippen LogP contribution < -0.4 is 5.32 Å². The molecule has 9 atom stereocenters. The van der Waals surface area contributed by atoms with Crippen molar-refractivity contribution in [3.8, 4) is 0 Å². The lowest BCUT2D eigenvalue weighted by Crippen LogP contribution is -2.60. The molecule has 1 saturated heterocycles. The van der Waals surface area contributed by atoms with Crippen LogP contribution >= 0.6 is 0 Å². The van der Waals surface area contributed by atoms with Crippen LogP contribution in [0, 0.1) is 5.92 Å². The second-order valence-corrected chi connectivity index (χ2v) is 17.0. The molecule has 8 N–H and O–H groups in total. The molecule has 328 valence electrons. The molecule has 0 spiro atoms. The highest BCUT2D eigenvalue weighted by Crippen LogP contribution is 2.23. The zero-order valence-electron chi connectivity index (χ0n) is 35.3. The number of nitrogens with one attached hydrogen (secondary N) is 1. The molecule has 1 aliphatic heterocycles. The van der Waals surface area contributed by atoms with Crippen LogP contribution in [-0.2, 0) is 14.3 Å². The molecule has 0 radical (unpaired) electrons. The van der Waals surface area contributed by atoms with E-state index in [4.69, 9.17) is 9.47 Å². The molecule has 0 aliphatic carbocycles. The van der Waals surface area contributed by atoms with Crippen LogP contribution in [0.5, 0.6) is 0 Å². The van der Waals surface area contributed by atoms with Gasteiger partial charge in [0, 0.05) is 0 Å². The van der Waals surface area contributed by atoms with E-state index in [2.05, 4.69) is 26.1 Å². The fourth-order valence-electron chi connectivity index (χ4n) is 7.51. The number of ether oxygens (including phenoxy) is 2. The fraction of sp³-hybridized carbons (Fsp3) is 0.977. The first kappa shape index (κ1) is 52.1. The van der Waals surface area contributed by atoms with Gasteiger partial charge in [-0.1, -0.05) is 188 Å². The summed E-state index contributed by atoms with van der Waals surface area (Å²) in [6.45, 7) is 5.71. The first-order chi connectivity index (χ1) is 26.5. The number of amides is 1. The van der Waals surface area contributed by atoms with E-state index >= 15 is 0 Å². The largest absolute Gasteiger partial charge is 0.394 e. The average molecular weight is 790 g/mol. The third kappa shape index (κ3) is 25.3. The van der Waals surface area contributed by atoms with Gasteiger partial charge >= 0.3 is 0 Å². The Morgan fingerprint density at radius 2 is 1.02 bits per heavy atom. The topological polar surface area (TPSA) is 189 Å². The van der Waals surface area contributed by atoms with E-state index in [0.29, 0.717) is 19.3 Å². The van der Waals surface area contributed by atoms with E-state index in [-0.39, 0.29) is 6.42 Å². The Kier molecular flexibility index (Phi) is 32.2. The van der Waals surface area contributed by atoms with Crippen molar-refractivity contribution in [1.82, 2.24) is 5.32 Å². The predicted molar refractivity (Wildman–Crippen MR) is 219 cm³/mol. The normalized spacial score (nSPS) is 22.5. The smallest absolute Gasteiger partial charge is 0.249 e. The molecule has 55 heavy (non-hydrogen) atoms. The van der Waals surface area contributed by atoms with Gasteiger partial charge in [-0.2, -0.15) is 0 Å². The Morgan fingerprint density at radius 1 is 0.600 bits per heavy atom. The minimum atomic E-state index is -1.66. The molecule has 1 amide bonds. The Hall–Kier alpha value is -0.890. The van der Waals surface area contributed by atoms with Gasteiger partial charge in [-0.25, -0.2) is 0 Å². The Labute approximate surface area is 335 Å². The molecule has 0 unspecified atom stereocenters. The van der Waals surface area contributed by atoms with E-state index in [1.807, 2.05) is 0 Å². The molecule has 11 nitrogen and oxygen atoms in total. The van der Waals surface area contributed by atoms with Crippen LogP contribution in [-0.4, -0.2) is 110 Å². The maximum absolute atomic E-state index is 13.1. The van der Waals surface area contributed by atoms with Crippen LogP contribution in [0.1, 0.15) is 201 Å². The molecule has 1 fully saturated rings. The molecule has 1 aliphatic rings. The lowest BCUT2D eigenvalue weighted by Gasteiger charge is -2.40. The number of hydrogen-bond acceptors (Lipinski definition) is 10. The van der Waals surface area contributed by atoms with E-state index in [1.165, 1.54) is 116 Å². The third-order valence-electron chi connectivity index (χ3n) is 11.3. The number of aliphatic hydroxyl groups is 7. The highest BCUT2D eigenvalue weighted by atomic mass is 16.7. The van der Waals surface area contributed by atoms with Crippen LogP contribution in [0.3, 0.4) is 0 Å². The molecule has 1 rings (SSSR count). The maximum Gasteiger partial charge on any atom is 0.249 e. The Morgan fingerprint density at radius 3 is 1.45 bits per heavy atom. The summed E-state index contributed by atoms with van der Waals surface area (Å²) in [6.07, 6.45) is 20.3. The highest BCUT2D eigenvalue weighted by Gasteiger charge is 2.44. The van der Waals surface area contributed by atoms with Gasteiger partial charge in [-0.3, -0.25) is 4.79 Å². The summed E-state index contributed by atoms with van der Waals surface area (Å²) in [5, 5.41) is 75.5. The van der Waals surface area contributed by atoms with E-state index < -0.39 is 74.2 Å². The lowest BCUT2D eigenvalue weighted by atomic mass is 9.98. The molecule has 11 heteroatoms. The van der Waals surface area contributed by atoms with Gasteiger partial charge in [0.05, 0.1) is 25.4 Å². The van der Waals surface area contributed by atoms with Crippen molar-refractivity contribution in [2.24, 2.45) is 5.92 Å². The number of carbonyl (C=O) groups excluding carboxylic acids is 1. The zero-order chi connectivity index (χ0) is 40.7. The monoisotopic (exact) mass is 790 g/mol. The van der Waals surface area contributed by atoms with Gasteiger partial charge in [-0.15, -0.1) is 0 Å². The van der Waals surface area contributed by atoms with Crippen molar-refractivity contribution in [2.75, 3.05) is 13.2 Å². The van der Waals surface area contributed by atoms with Crippen molar-refractivity contribution in [3.63, 3.8) is 0 Å². The zero-order valence-corrected chi connectivity index (χ0v) is 35.3. The molecule has 0 aromatic heterocycles. The Bertz CT molecular complexity index is 880. The quantitative estimate of drug-likeness (QED) is 0.0306. The van der Waals surface area contributed by atoms with Gasteiger partial charge in [0.2, 0.25) is 5.91 Å². The summed E-state index contributed by atoms with van der Waals surface area (Å²) in [6, 6.07) is -1.16.